The van der Waals surface area contributed by atoms with Gasteiger partial charge in [-0.3, -0.25) is 0 Å². The lowest BCUT2D eigenvalue weighted by molar-refractivity contribution is 0.250. The van der Waals surface area contributed by atoms with Crippen molar-refractivity contribution in [2.45, 2.75) is 44.1 Å². The Morgan fingerprint density at radius 2 is 2.10 bits per heavy atom. The molecule has 4 rings (SSSR count). The number of anilines is 1. The lowest BCUT2D eigenvalue weighted by Gasteiger charge is -2.43. The van der Waals surface area contributed by atoms with Gasteiger partial charge in [0.05, 0.1) is 17.0 Å². The first-order chi connectivity index (χ1) is 14.0. The lowest BCUT2D eigenvalue weighted by Crippen LogP contribution is -2.59. The Balaban J connectivity index is 1.45. The molecule has 0 atom stereocenters. The smallest absolute Gasteiger partial charge is 0.282 e. The molecule has 0 bridgehead atoms. The average molecular weight is 418 g/mol. The number of aromatic amines is 1. The highest BCUT2D eigenvalue weighted by Gasteiger charge is 2.56. The third-order valence-electron chi connectivity index (χ3n) is 5.98. The number of piperazine rings is 1. The Morgan fingerprint density at radius 3 is 2.86 bits per heavy atom. The molecule has 2 aromatic rings. The van der Waals surface area contributed by atoms with Gasteiger partial charge in [0.2, 0.25) is 0 Å². The van der Waals surface area contributed by atoms with E-state index in [1.54, 1.807) is 17.7 Å². The summed E-state index contributed by atoms with van der Waals surface area (Å²) in [6.45, 7) is 2.20. The van der Waals surface area contributed by atoms with E-state index in [9.17, 15) is 8.42 Å². The predicted octanol–water partition coefficient (Wildman–Crippen LogP) is 1.87. The van der Waals surface area contributed by atoms with Gasteiger partial charge in [0, 0.05) is 45.8 Å². The zero-order valence-electron chi connectivity index (χ0n) is 16.7. The number of unbranched alkanes of at least 4 members (excludes halogenated alkanes) is 3. The van der Waals surface area contributed by atoms with Gasteiger partial charge in [0.1, 0.15) is 17.8 Å². The van der Waals surface area contributed by atoms with Gasteiger partial charge in [-0.05, 0) is 31.7 Å². The van der Waals surface area contributed by atoms with Gasteiger partial charge < -0.3 is 9.88 Å². The van der Waals surface area contributed by atoms with Gasteiger partial charge in [-0.1, -0.05) is 6.42 Å². The molecule has 1 aliphatic carbocycles. The van der Waals surface area contributed by atoms with Crippen LogP contribution in [0.15, 0.2) is 18.6 Å². The van der Waals surface area contributed by atoms with Crippen molar-refractivity contribution in [2.24, 2.45) is 0 Å². The minimum absolute atomic E-state index is 0.334. The van der Waals surface area contributed by atoms with Crippen LogP contribution in [0.2, 0.25) is 0 Å². The molecule has 3 heterocycles. The molecule has 29 heavy (non-hydrogen) atoms. The van der Waals surface area contributed by atoms with E-state index in [4.69, 9.17) is 5.26 Å². The van der Waals surface area contributed by atoms with Crippen molar-refractivity contribution in [3.05, 3.63) is 18.6 Å². The number of aromatic nitrogens is 3. The Hall–Kier alpha value is -2.22. The Labute approximate surface area is 171 Å². The summed E-state index contributed by atoms with van der Waals surface area (Å²) in [4.78, 5) is 14.0. The summed E-state index contributed by atoms with van der Waals surface area (Å²) in [6, 6.07) is 4.09. The average Bonchev–Trinajstić information content (AvgIpc) is 3.28. The van der Waals surface area contributed by atoms with Crippen LogP contribution in [0.3, 0.4) is 0 Å². The van der Waals surface area contributed by atoms with Crippen LogP contribution < -0.4 is 4.90 Å². The maximum absolute atomic E-state index is 13.2. The van der Waals surface area contributed by atoms with Crippen LogP contribution in [0.1, 0.15) is 38.5 Å². The molecule has 2 aliphatic rings. The fraction of sp³-hybridized carbons (Fsp3) is 0.632. The molecular weight excluding hydrogens is 390 g/mol. The number of fused-ring (bicyclic) bond motifs is 1. The van der Waals surface area contributed by atoms with Crippen molar-refractivity contribution in [2.75, 3.05) is 38.1 Å². The molecule has 0 radical (unpaired) electrons. The van der Waals surface area contributed by atoms with Crippen molar-refractivity contribution >= 4 is 27.1 Å². The van der Waals surface area contributed by atoms with Gasteiger partial charge in [-0.15, -0.1) is 0 Å². The first-order valence-electron chi connectivity index (χ1n) is 10.1. The van der Waals surface area contributed by atoms with Crippen molar-refractivity contribution in [1.29, 1.82) is 5.26 Å². The number of hydrogen-bond donors (Lipinski definition) is 1. The number of nitrogens with one attached hydrogen (secondary N) is 1. The molecule has 0 amide bonds. The maximum atomic E-state index is 13.2. The van der Waals surface area contributed by atoms with Crippen LogP contribution in [-0.4, -0.2) is 70.7 Å². The molecule has 2 fully saturated rings. The van der Waals surface area contributed by atoms with Gasteiger partial charge in [-0.25, -0.2) is 9.97 Å². The van der Waals surface area contributed by atoms with Crippen LogP contribution >= 0.6 is 0 Å². The van der Waals surface area contributed by atoms with Crippen molar-refractivity contribution in [1.82, 2.24) is 23.6 Å². The molecule has 1 spiro atoms. The summed E-state index contributed by atoms with van der Waals surface area (Å²) in [5, 5.41) is 9.58. The van der Waals surface area contributed by atoms with Crippen LogP contribution in [0.4, 0.5) is 5.82 Å². The number of nitriles is 1. The molecule has 1 aliphatic heterocycles. The largest absolute Gasteiger partial charge is 0.353 e. The molecule has 2 aromatic heterocycles. The Bertz CT molecular complexity index is 1010. The van der Waals surface area contributed by atoms with E-state index in [-0.39, 0.29) is 5.54 Å². The number of H-pyrrole nitrogens is 1. The summed E-state index contributed by atoms with van der Waals surface area (Å²) < 4.78 is 29.6. The first kappa shape index (κ1) is 20.1. The zero-order chi connectivity index (χ0) is 20.5. The molecule has 1 saturated heterocycles. The van der Waals surface area contributed by atoms with E-state index in [1.165, 1.54) is 4.31 Å². The lowest BCUT2D eigenvalue weighted by atomic mass is 10.2. The van der Waals surface area contributed by atoms with Crippen molar-refractivity contribution < 1.29 is 8.42 Å². The van der Waals surface area contributed by atoms with E-state index < -0.39 is 10.2 Å². The van der Waals surface area contributed by atoms with Crippen LogP contribution in [0, 0.1) is 11.3 Å². The van der Waals surface area contributed by atoms with Gasteiger partial charge in [0.25, 0.3) is 10.2 Å². The zero-order valence-corrected chi connectivity index (χ0v) is 17.5. The topological polar surface area (TPSA) is 109 Å². The second kappa shape index (κ2) is 7.89. The summed E-state index contributed by atoms with van der Waals surface area (Å²) >= 11 is 0. The Morgan fingerprint density at radius 1 is 1.28 bits per heavy atom. The van der Waals surface area contributed by atoms with Gasteiger partial charge in [0.15, 0.2) is 0 Å². The molecule has 1 N–H and O–H groups in total. The van der Waals surface area contributed by atoms with E-state index in [0.717, 1.165) is 49.0 Å². The first-order valence-corrected chi connectivity index (χ1v) is 11.5. The molecule has 156 valence electrons. The van der Waals surface area contributed by atoms with E-state index in [0.29, 0.717) is 32.6 Å². The summed E-state index contributed by atoms with van der Waals surface area (Å²) in [5.74, 6) is 0.866. The fourth-order valence-electron chi connectivity index (χ4n) is 4.16. The van der Waals surface area contributed by atoms with E-state index >= 15 is 0 Å². The second-order valence-corrected chi connectivity index (χ2v) is 9.91. The molecule has 1 saturated carbocycles. The van der Waals surface area contributed by atoms with E-state index in [2.05, 4.69) is 25.9 Å². The van der Waals surface area contributed by atoms with Gasteiger partial charge >= 0.3 is 0 Å². The standard InChI is InChI=1S/C19H27N7O2S/c1-24(11-5-3-2-4-9-20)29(27,28)26-13-12-25(14-19(26)7-8-19)18-16-6-10-21-17(16)22-15-23-18/h6,10,15H,2-5,7-8,11-14H2,1H3,(H,21,22,23). The molecule has 9 nitrogen and oxygen atoms in total. The third kappa shape index (κ3) is 3.82. The van der Waals surface area contributed by atoms with Crippen LogP contribution in [0.5, 0.6) is 0 Å². The van der Waals surface area contributed by atoms with Crippen molar-refractivity contribution in [3.63, 3.8) is 0 Å². The second-order valence-electron chi connectivity index (χ2n) is 7.95. The molecule has 0 unspecified atom stereocenters. The predicted molar refractivity (Wildman–Crippen MR) is 110 cm³/mol. The van der Waals surface area contributed by atoms with Crippen LogP contribution in [0.25, 0.3) is 11.0 Å². The molecule has 10 heteroatoms. The monoisotopic (exact) mass is 417 g/mol. The van der Waals surface area contributed by atoms with Gasteiger partial charge in [-0.2, -0.15) is 22.3 Å². The summed E-state index contributed by atoms with van der Waals surface area (Å²) in [7, 11) is -1.84. The minimum atomic E-state index is -3.50. The maximum Gasteiger partial charge on any atom is 0.282 e. The number of rotatable bonds is 8. The molecule has 0 aromatic carbocycles. The third-order valence-corrected chi connectivity index (χ3v) is 8.08. The highest BCUT2D eigenvalue weighted by Crippen LogP contribution is 2.47. The SMILES string of the molecule is CN(CCCCCC#N)S(=O)(=O)N1CCN(c2ncnc3[nH]ccc23)CC12CC2. The number of hydrogen-bond acceptors (Lipinski definition) is 6. The summed E-state index contributed by atoms with van der Waals surface area (Å²) in [5.41, 5.74) is 0.464. The molecular formula is C19H27N7O2S. The van der Waals surface area contributed by atoms with Crippen LogP contribution in [-0.2, 0) is 10.2 Å². The highest BCUT2D eigenvalue weighted by molar-refractivity contribution is 7.86. The summed E-state index contributed by atoms with van der Waals surface area (Å²) in [6.07, 6.45) is 8.14. The quantitative estimate of drug-likeness (QED) is 0.657. The van der Waals surface area contributed by atoms with E-state index in [1.807, 2.05) is 12.3 Å². The number of nitrogens with zero attached hydrogens (tertiary/aromatic N) is 6. The van der Waals surface area contributed by atoms with Crippen molar-refractivity contribution in [3.8, 4) is 6.07 Å². The Kier molecular flexibility index (Phi) is 5.46. The highest BCUT2D eigenvalue weighted by atomic mass is 32.2. The minimum Gasteiger partial charge on any atom is -0.353 e. The normalized spacial score (nSPS) is 19.1. The fourth-order valence-corrected chi connectivity index (χ4v) is 5.90.